The minimum atomic E-state index is -0.527. The van der Waals surface area contributed by atoms with Gasteiger partial charge in [0.25, 0.3) is 0 Å². The van der Waals surface area contributed by atoms with E-state index in [1.54, 1.807) is 0 Å². The summed E-state index contributed by atoms with van der Waals surface area (Å²) < 4.78 is 17.4. The Labute approximate surface area is 375 Å². The third-order valence-electron chi connectivity index (χ3n) is 12.3. The molecular formula is C55H106O5. The second kappa shape index (κ2) is 52.0. The fraction of sp³-hybridized carbons (Fsp3) is 0.927. The first-order valence-corrected chi connectivity index (χ1v) is 27.2. The number of carbonyl (C=O) groups excluding carboxylic acids is 2. The number of allylic oxidation sites excluding steroid dienone is 2. The molecule has 0 aliphatic carbocycles. The topological polar surface area (TPSA) is 61.8 Å². The molecule has 5 heteroatoms. The molecule has 60 heavy (non-hydrogen) atoms. The summed E-state index contributed by atoms with van der Waals surface area (Å²) in [6.45, 7) is 7.87. The highest BCUT2D eigenvalue weighted by Crippen LogP contribution is 2.16. The molecule has 1 unspecified atom stereocenters. The molecule has 0 aromatic carbocycles. The van der Waals surface area contributed by atoms with Crippen molar-refractivity contribution in [2.75, 3.05) is 19.8 Å². The van der Waals surface area contributed by atoms with Gasteiger partial charge in [0.05, 0.1) is 6.61 Å². The van der Waals surface area contributed by atoms with Gasteiger partial charge in [-0.15, -0.1) is 0 Å². The molecule has 0 saturated heterocycles. The third-order valence-corrected chi connectivity index (χ3v) is 12.3. The predicted octanol–water partition coefficient (Wildman–Crippen LogP) is 18.2. The van der Waals surface area contributed by atoms with Crippen molar-refractivity contribution in [3.63, 3.8) is 0 Å². The first-order chi connectivity index (χ1) is 29.6. The first-order valence-electron chi connectivity index (χ1n) is 27.2. The molecule has 0 saturated carbocycles. The molecule has 0 aliphatic rings. The van der Waals surface area contributed by atoms with Crippen LogP contribution in [0.4, 0.5) is 0 Å². The normalized spacial score (nSPS) is 12.1. The monoisotopic (exact) mass is 847 g/mol. The summed E-state index contributed by atoms with van der Waals surface area (Å²) in [6, 6.07) is 0. The lowest BCUT2D eigenvalue weighted by Gasteiger charge is -2.18. The standard InChI is InChI=1S/C55H106O5/c1-4-7-10-13-16-19-21-23-25-27-28-30-31-33-35-37-39-42-45-48-54(56)59-52-53(51-58-50-47-44-41-18-15-12-9-6-3)60-55(57)49-46-43-40-38-36-34-32-29-26-24-22-20-17-14-11-8-5-2/h24,26,53H,4-23,25,27-52H2,1-3H3/b26-24-. The zero-order valence-corrected chi connectivity index (χ0v) is 41.0. The summed E-state index contributed by atoms with van der Waals surface area (Å²) in [6.07, 6.45) is 59.4. The average molecular weight is 847 g/mol. The fourth-order valence-electron chi connectivity index (χ4n) is 8.21. The predicted molar refractivity (Wildman–Crippen MR) is 261 cm³/mol. The molecular weight excluding hydrogens is 741 g/mol. The van der Waals surface area contributed by atoms with Crippen molar-refractivity contribution in [2.24, 2.45) is 0 Å². The Morgan fingerprint density at radius 3 is 1.02 bits per heavy atom. The minimum absolute atomic E-state index is 0.0926. The lowest BCUT2D eigenvalue weighted by Crippen LogP contribution is -2.30. The summed E-state index contributed by atoms with van der Waals surface area (Å²) in [4.78, 5) is 25.4. The first kappa shape index (κ1) is 58.6. The molecule has 0 amide bonds. The zero-order chi connectivity index (χ0) is 43.5. The van der Waals surface area contributed by atoms with Crippen LogP contribution in [0.3, 0.4) is 0 Å². The molecule has 5 nitrogen and oxygen atoms in total. The van der Waals surface area contributed by atoms with E-state index in [1.165, 1.54) is 238 Å². The van der Waals surface area contributed by atoms with Crippen LogP contribution in [-0.4, -0.2) is 37.9 Å². The van der Waals surface area contributed by atoms with E-state index in [9.17, 15) is 9.59 Å². The second-order valence-electron chi connectivity index (χ2n) is 18.5. The van der Waals surface area contributed by atoms with E-state index >= 15 is 0 Å². The van der Waals surface area contributed by atoms with E-state index in [0.717, 1.165) is 32.1 Å². The van der Waals surface area contributed by atoms with Gasteiger partial charge in [0, 0.05) is 19.4 Å². The highest BCUT2D eigenvalue weighted by Gasteiger charge is 2.17. The van der Waals surface area contributed by atoms with Crippen LogP contribution in [0, 0.1) is 0 Å². The summed E-state index contributed by atoms with van der Waals surface area (Å²) in [5.41, 5.74) is 0. The van der Waals surface area contributed by atoms with Gasteiger partial charge in [-0.05, 0) is 44.9 Å². The lowest BCUT2D eigenvalue weighted by atomic mass is 10.0. The van der Waals surface area contributed by atoms with Gasteiger partial charge in [-0.25, -0.2) is 0 Å². The Morgan fingerprint density at radius 2 is 0.650 bits per heavy atom. The molecule has 0 radical (unpaired) electrons. The molecule has 0 bridgehead atoms. The van der Waals surface area contributed by atoms with Crippen LogP contribution in [0.5, 0.6) is 0 Å². The number of ether oxygens (including phenoxy) is 3. The maximum absolute atomic E-state index is 12.8. The Kier molecular flexibility index (Phi) is 50.8. The molecule has 0 aromatic rings. The van der Waals surface area contributed by atoms with Crippen molar-refractivity contribution >= 4 is 11.9 Å². The number of hydrogen-bond donors (Lipinski definition) is 0. The van der Waals surface area contributed by atoms with Crippen LogP contribution in [0.1, 0.15) is 303 Å². The number of hydrogen-bond acceptors (Lipinski definition) is 5. The molecule has 0 heterocycles. The molecule has 1 atom stereocenters. The summed E-state index contributed by atoms with van der Waals surface area (Å²) in [7, 11) is 0. The summed E-state index contributed by atoms with van der Waals surface area (Å²) >= 11 is 0. The van der Waals surface area contributed by atoms with Gasteiger partial charge >= 0.3 is 11.9 Å². The van der Waals surface area contributed by atoms with E-state index in [0.29, 0.717) is 26.1 Å². The molecule has 356 valence electrons. The molecule has 0 spiro atoms. The SMILES string of the molecule is CCCCCCCC/C=C\CCCCCCCCCC(=O)OC(COCCCCCCCCCC)COC(=O)CCCCCCCCCCCCCCCCCCCCC. The van der Waals surface area contributed by atoms with Gasteiger partial charge < -0.3 is 14.2 Å². The number of esters is 2. The van der Waals surface area contributed by atoms with Gasteiger partial charge in [-0.1, -0.05) is 258 Å². The Hall–Kier alpha value is -1.36. The summed E-state index contributed by atoms with van der Waals surface area (Å²) in [5.74, 6) is -0.381. The van der Waals surface area contributed by atoms with Crippen molar-refractivity contribution < 1.29 is 23.8 Å². The van der Waals surface area contributed by atoms with Gasteiger partial charge in [-0.3, -0.25) is 9.59 Å². The Morgan fingerprint density at radius 1 is 0.350 bits per heavy atom. The van der Waals surface area contributed by atoms with Crippen molar-refractivity contribution in [3.8, 4) is 0 Å². The maximum atomic E-state index is 12.8. The second-order valence-corrected chi connectivity index (χ2v) is 18.5. The van der Waals surface area contributed by atoms with Gasteiger partial charge in [-0.2, -0.15) is 0 Å². The summed E-state index contributed by atoms with van der Waals surface area (Å²) in [5, 5.41) is 0. The maximum Gasteiger partial charge on any atom is 0.306 e. The van der Waals surface area contributed by atoms with Crippen LogP contribution in [0.15, 0.2) is 12.2 Å². The number of rotatable bonds is 51. The van der Waals surface area contributed by atoms with E-state index in [2.05, 4.69) is 32.9 Å². The molecule has 0 aromatic heterocycles. The van der Waals surface area contributed by atoms with Gasteiger partial charge in [0.1, 0.15) is 6.61 Å². The van der Waals surface area contributed by atoms with E-state index < -0.39 is 6.10 Å². The van der Waals surface area contributed by atoms with Crippen molar-refractivity contribution in [1.29, 1.82) is 0 Å². The van der Waals surface area contributed by atoms with Gasteiger partial charge in [0.15, 0.2) is 6.10 Å². The van der Waals surface area contributed by atoms with Crippen molar-refractivity contribution in [3.05, 3.63) is 12.2 Å². The molecule has 0 aliphatic heterocycles. The minimum Gasteiger partial charge on any atom is -0.462 e. The Balaban J connectivity index is 4.08. The lowest BCUT2D eigenvalue weighted by molar-refractivity contribution is -0.163. The average Bonchev–Trinajstić information content (AvgIpc) is 3.25. The largest absolute Gasteiger partial charge is 0.462 e. The van der Waals surface area contributed by atoms with E-state index in [4.69, 9.17) is 14.2 Å². The van der Waals surface area contributed by atoms with Crippen LogP contribution in [-0.2, 0) is 23.8 Å². The molecule has 0 rings (SSSR count). The van der Waals surface area contributed by atoms with Crippen LogP contribution in [0.2, 0.25) is 0 Å². The molecule has 0 fully saturated rings. The van der Waals surface area contributed by atoms with Crippen molar-refractivity contribution in [2.45, 2.75) is 309 Å². The zero-order valence-electron chi connectivity index (χ0n) is 41.0. The van der Waals surface area contributed by atoms with Crippen LogP contribution < -0.4 is 0 Å². The van der Waals surface area contributed by atoms with Gasteiger partial charge in [0.2, 0.25) is 0 Å². The molecule has 0 N–H and O–H groups in total. The highest BCUT2D eigenvalue weighted by molar-refractivity contribution is 5.70. The number of carbonyl (C=O) groups is 2. The van der Waals surface area contributed by atoms with Crippen molar-refractivity contribution in [1.82, 2.24) is 0 Å². The fourth-order valence-corrected chi connectivity index (χ4v) is 8.21. The smallest absolute Gasteiger partial charge is 0.306 e. The number of unbranched alkanes of at least 4 members (excludes halogenated alkanes) is 38. The third kappa shape index (κ3) is 49.3. The van der Waals surface area contributed by atoms with Crippen LogP contribution in [0.25, 0.3) is 0 Å². The highest BCUT2D eigenvalue weighted by atomic mass is 16.6. The van der Waals surface area contributed by atoms with Crippen LogP contribution >= 0.6 is 0 Å². The van der Waals surface area contributed by atoms with E-state index in [-0.39, 0.29) is 18.5 Å². The quantitative estimate of drug-likeness (QED) is 0.0347. The Bertz CT molecular complexity index is 871. The van der Waals surface area contributed by atoms with E-state index in [1.807, 2.05) is 0 Å².